The molecule has 2 aromatic rings. The highest BCUT2D eigenvalue weighted by Crippen LogP contribution is 2.68. The van der Waals surface area contributed by atoms with E-state index in [4.69, 9.17) is 0 Å². The molecule has 28 heavy (non-hydrogen) atoms. The van der Waals surface area contributed by atoms with Gasteiger partial charge in [0.05, 0.1) is 5.52 Å². The second kappa shape index (κ2) is 5.91. The number of carbonyl (C=O) groups excluding carboxylic acids is 2. The van der Waals surface area contributed by atoms with Gasteiger partial charge in [0.2, 0.25) is 5.91 Å². The molecule has 1 saturated carbocycles. The molecule has 5 nitrogen and oxygen atoms in total. The Hall–Kier alpha value is -2.17. The highest BCUT2D eigenvalue weighted by molar-refractivity contribution is 6.05. The van der Waals surface area contributed by atoms with Crippen LogP contribution in [0.3, 0.4) is 0 Å². The number of aromatic nitrogens is 2. The first-order chi connectivity index (χ1) is 13.3. The molecule has 2 aliphatic heterocycles. The van der Waals surface area contributed by atoms with Gasteiger partial charge in [-0.05, 0) is 50.0 Å². The van der Waals surface area contributed by atoms with Crippen molar-refractivity contribution >= 4 is 22.6 Å². The average Bonchev–Trinajstić information content (AvgIpc) is 2.91. The molecule has 1 saturated heterocycles. The molecule has 2 fully saturated rings. The molecule has 1 aromatic carbocycles. The number of hydrogen-bond acceptors (Lipinski definition) is 3. The first-order valence-electron chi connectivity index (χ1n) is 10.7. The Morgan fingerprint density at radius 3 is 2.82 bits per heavy atom. The van der Waals surface area contributed by atoms with Gasteiger partial charge in [0, 0.05) is 23.9 Å². The van der Waals surface area contributed by atoms with Gasteiger partial charge in [-0.2, -0.15) is 5.10 Å². The Bertz CT molecular complexity index is 993. The van der Waals surface area contributed by atoms with Crippen molar-refractivity contribution in [2.75, 3.05) is 0 Å². The van der Waals surface area contributed by atoms with Crippen LogP contribution in [0.4, 0.5) is 0 Å². The number of piperidine rings is 1. The third-order valence-corrected chi connectivity index (χ3v) is 7.72. The zero-order chi connectivity index (χ0) is 19.7. The van der Waals surface area contributed by atoms with E-state index in [-0.39, 0.29) is 29.2 Å². The molecular formula is C23H29N3O2. The quantitative estimate of drug-likeness (QED) is 0.700. The monoisotopic (exact) mass is 379 g/mol. The Morgan fingerprint density at radius 1 is 1.21 bits per heavy atom. The molecule has 3 atom stereocenters. The van der Waals surface area contributed by atoms with Gasteiger partial charge in [-0.3, -0.25) is 14.3 Å². The summed E-state index contributed by atoms with van der Waals surface area (Å²) in [6, 6.07) is 6.45. The van der Waals surface area contributed by atoms with Crippen molar-refractivity contribution in [1.29, 1.82) is 0 Å². The highest BCUT2D eigenvalue weighted by atomic mass is 16.2. The lowest BCUT2D eigenvalue weighted by Crippen LogP contribution is -2.45. The summed E-state index contributed by atoms with van der Waals surface area (Å²) in [4.78, 5) is 27.9. The number of hydrogen-bond donors (Lipinski definition) is 0. The van der Waals surface area contributed by atoms with Crippen LogP contribution in [0, 0.1) is 5.41 Å². The molecule has 1 aromatic heterocycles. The van der Waals surface area contributed by atoms with Crippen molar-refractivity contribution in [2.24, 2.45) is 5.41 Å². The number of fused-ring (bicyclic) bond motifs is 3. The summed E-state index contributed by atoms with van der Waals surface area (Å²) in [5, 5.41) is 5.49. The molecule has 5 heteroatoms. The molecular weight excluding hydrogens is 350 g/mol. The summed E-state index contributed by atoms with van der Waals surface area (Å²) in [5.74, 6) is 0.113. The van der Waals surface area contributed by atoms with Crippen molar-refractivity contribution in [3.05, 3.63) is 29.5 Å². The molecule has 1 aliphatic carbocycles. The van der Waals surface area contributed by atoms with Crippen LogP contribution in [0.5, 0.6) is 0 Å². The zero-order valence-corrected chi connectivity index (χ0v) is 17.1. The zero-order valence-electron chi connectivity index (χ0n) is 17.1. The molecule has 0 spiro atoms. The highest BCUT2D eigenvalue weighted by Gasteiger charge is 2.71. The van der Waals surface area contributed by atoms with Crippen molar-refractivity contribution in [3.63, 3.8) is 0 Å². The number of ketones is 1. The average molecular weight is 380 g/mol. The van der Waals surface area contributed by atoms with E-state index in [1.54, 1.807) is 6.92 Å². The maximum Gasteiger partial charge on any atom is 0.245 e. The minimum absolute atomic E-state index is 0.00589. The predicted octanol–water partition coefficient (Wildman–Crippen LogP) is 4.13. The maximum absolute atomic E-state index is 13.5. The number of Topliss-reactive ketones (excluding diaryl/α,β-unsaturated/α-hetero) is 1. The number of aryl methyl sites for hydroxylation is 1. The second-order valence-electron chi connectivity index (χ2n) is 9.61. The molecule has 1 amide bonds. The first-order valence-corrected chi connectivity index (χ1v) is 10.7. The summed E-state index contributed by atoms with van der Waals surface area (Å²) in [5.41, 5.74) is 2.93. The van der Waals surface area contributed by atoms with Crippen molar-refractivity contribution in [3.8, 4) is 0 Å². The van der Waals surface area contributed by atoms with E-state index in [1.807, 2.05) is 16.8 Å². The molecule has 3 aliphatic rings. The van der Waals surface area contributed by atoms with E-state index < -0.39 is 0 Å². The number of nitrogens with zero attached hydrogens (tertiary/aromatic N) is 3. The summed E-state index contributed by atoms with van der Waals surface area (Å²) >= 11 is 0. The molecule has 0 radical (unpaired) electrons. The molecule has 3 unspecified atom stereocenters. The van der Waals surface area contributed by atoms with E-state index in [2.05, 4.69) is 29.9 Å². The van der Waals surface area contributed by atoms with E-state index in [0.717, 1.165) is 43.0 Å². The van der Waals surface area contributed by atoms with Crippen LogP contribution >= 0.6 is 0 Å². The lowest BCUT2D eigenvalue weighted by atomic mass is 9.96. The Morgan fingerprint density at radius 2 is 2.04 bits per heavy atom. The predicted molar refractivity (Wildman–Crippen MR) is 108 cm³/mol. The van der Waals surface area contributed by atoms with Crippen LogP contribution < -0.4 is 0 Å². The lowest BCUT2D eigenvalue weighted by Gasteiger charge is -2.33. The van der Waals surface area contributed by atoms with Gasteiger partial charge in [0.15, 0.2) is 5.78 Å². The summed E-state index contributed by atoms with van der Waals surface area (Å²) in [6.45, 7) is 6.37. The Kier molecular flexibility index (Phi) is 3.78. The van der Waals surface area contributed by atoms with Gasteiger partial charge < -0.3 is 4.90 Å². The summed E-state index contributed by atoms with van der Waals surface area (Å²) < 4.78 is 1.81. The molecule has 0 N–H and O–H groups in total. The number of carbonyl (C=O) groups is 2. The largest absolute Gasteiger partial charge is 0.332 e. The van der Waals surface area contributed by atoms with Gasteiger partial charge in [-0.15, -0.1) is 0 Å². The number of rotatable bonds is 1. The van der Waals surface area contributed by atoms with Crippen molar-refractivity contribution in [2.45, 2.75) is 83.8 Å². The molecule has 0 bridgehead atoms. The van der Waals surface area contributed by atoms with Crippen LogP contribution in [0.1, 0.15) is 75.3 Å². The maximum atomic E-state index is 13.5. The van der Waals surface area contributed by atoms with E-state index in [0.29, 0.717) is 11.7 Å². The number of para-hydroxylation sites is 1. The van der Waals surface area contributed by atoms with Crippen LogP contribution in [-0.4, -0.2) is 38.0 Å². The smallest absolute Gasteiger partial charge is 0.245 e. The van der Waals surface area contributed by atoms with Gasteiger partial charge in [0.1, 0.15) is 12.2 Å². The van der Waals surface area contributed by atoms with Crippen LogP contribution in [-0.2, 0) is 17.8 Å². The minimum atomic E-state index is -0.0431. The van der Waals surface area contributed by atoms with E-state index >= 15 is 0 Å². The fraction of sp³-hybridized carbons (Fsp3) is 0.609. The van der Waals surface area contributed by atoms with Gasteiger partial charge >= 0.3 is 0 Å². The van der Waals surface area contributed by atoms with Crippen LogP contribution in [0.2, 0.25) is 0 Å². The van der Waals surface area contributed by atoms with Gasteiger partial charge in [-0.25, -0.2) is 0 Å². The first kappa shape index (κ1) is 17.9. The third-order valence-electron chi connectivity index (χ3n) is 7.72. The minimum Gasteiger partial charge on any atom is -0.332 e. The van der Waals surface area contributed by atoms with Crippen LogP contribution in [0.25, 0.3) is 10.9 Å². The fourth-order valence-electron chi connectivity index (χ4n) is 6.07. The standard InChI is InChI=1S/C23H29N3O2/c1-15(27)20-18-11-7-9-16-8-5-4-6-10-17-12-22(2)14-23(22,3)26(17)19(28)13-25(24-20)21(16)18/h7,9,11,17H,4-6,8,10,12-14H2,1-3H3. The van der Waals surface area contributed by atoms with E-state index in [1.165, 1.54) is 18.4 Å². The number of benzene rings is 1. The lowest BCUT2D eigenvalue weighted by molar-refractivity contribution is -0.136. The summed E-state index contributed by atoms with van der Waals surface area (Å²) in [7, 11) is 0. The van der Waals surface area contributed by atoms with Crippen LogP contribution in [0.15, 0.2) is 18.2 Å². The van der Waals surface area contributed by atoms with Crippen molar-refractivity contribution < 1.29 is 9.59 Å². The second-order valence-corrected chi connectivity index (χ2v) is 9.61. The topological polar surface area (TPSA) is 55.2 Å². The number of amides is 1. The Labute approximate surface area is 166 Å². The SMILES string of the molecule is CC(=O)c1nn2c3c(cccc13)CCCCCC1CC3(C)CC3(C)N1C(=O)C2. The molecule has 148 valence electrons. The van der Waals surface area contributed by atoms with Gasteiger partial charge in [0.25, 0.3) is 0 Å². The fourth-order valence-corrected chi connectivity index (χ4v) is 6.07. The van der Waals surface area contributed by atoms with Crippen molar-refractivity contribution in [1.82, 2.24) is 14.7 Å². The molecule has 3 heterocycles. The Balaban J connectivity index is 1.61. The van der Waals surface area contributed by atoms with E-state index in [9.17, 15) is 9.59 Å². The summed E-state index contributed by atoms with van der Waals surface area (Å²) in [6.07, 6.45) is 7.79. The molecule has 5 rings (SSSR count). The normalized spacial score (nSPS) is 32.5. The van der Waals surface area contributed by atoms with Gasteiger partial charge in [-0.1, -0.05) is 38.0 Å². The third kappa shape index (κ3) is 2.41.